The van der Waals surface area contributed by atoms with Crippen LogP contribution >= 0.6 is 51.3 Å². The number of nitrogens with one attached hydrogen (secondary N) is 2. The van der Waals surface area contributed by atoms with E-state index in [-0.39, 0.29) is 18.4 Å². The van der Waals surface area contributed by atoms with E-state index >= 15 is 0 Å². The minimum Gasteiger partial charge on any atom is -0.351 e. The van der Waals surface area contributed by atoms with E-state index in [1.54, 1.807) is 30.7 Å². The summed E-state index contributed by atoms with van der Waals surface area (Å²) in [5.41, 5.74) is 4.07. The van der Waals surface area contributed by atoms with E-state index < -0.39 is 0 Å². The number of halogens is 3. The summed E-state index contributed by atoms with van der Waals surface area (Å²) in [5, 5.41) is 17.0. The molecule has 0 saturated carbocycles. The molecule has 0 saturated heterocycles. The molecule has 0 unspecified atom stereocenters. The van der Waals surface area contributed by atoms with Crippen molar-refractivity contribution in [2.45, 2.75) is 38.9 Å². The molecule has 4 rings (SSSR count). The van der Waals surface area contributed by atoms with E-state index in [4.69, 9.17) is 40.7 Å². The molecular formula is C31H29BrCl2N6OS. The molecule has 1 atom stereocenters. The molecule has 0 radical (unpaired) electrons. The molecule has 0 fully saturated rings. The normalized spacial score (nSPS) is 11.4. The number of carbonyl (C=O) groups excluding carboxylic acids is 1. The van der Waals surface area contributed by atoms with Gasteiger partial charge in [-0.1, -0.05) is 66.5 Å². The standard InChI is InChI=1S/C31H29BrCl2N6OS/c1-2-24(37-29(41)14-25-16-36-20-40(25)17-22-12-10-21(15-35)11-13-22)19-39(18-23-6-5-8-27(33)30(23)34)31(42)38-28-9-4-3-7-26(28)32/h3-13,16,20,24H,2,14,17-19H2,1H3,(H,37,41)(H,38,42)/t24-/m0/s1. The number of thiocarbonyl (C=S) groups is 1. The second-order valence-electron chi connectivity index (χ2n) is 9.67. The summed E-state index contributed by atoms with van der Waals surface area (Å²) < 4.78 is 2.82. The summed E-state index contributed by atoms with van der Waals surface area (Å²) in [5.74, 6) is -0.117. The highest BCUT2D eigenvalue weighted by molar-refractivity contribution is 9.10. The molecule has 4 aromatic rings. The van der Waals surface area contributed by atoms with E-state index in [0.717, 1.165) is 27.0 Å². The largest absolute Gasteiger partial charge is 0.351 e. The van der Waals surface area contributed by atoms with Gasteiger partial charge in [0.05, 0.1) is 40.1 Å². The number of nitrogens with zero attached hydrogens (tertiary/aromatic N) is 4. The molecule has 0 aliphatic heterocycles. The Morgan fingerprint density at radius 2 is 1.90 bits per heavy atom. The summed E-state index contributed by atoms with van der Waals surface area (Å²) in [4.78, 5) is 19.4. The van der Waals surface area contributed by atoms with Crippen molar-refractivity contribution in [1.82, 2.24) is 19.8 Å². The van der Waals surface area contributed by atoms with E-state index in [1.165, 1.54) is 0 Å². The molecule has 7 nitrogen and oxygen atoms in total. The van der Waals surface area contributed by atoms with Gasteiger partial charge in [0, 0.05) is 42.0 Å². The fourth-order valence-corrected chi connectivity index (χ4v) is 5.37. The lowest BCUT2D eigenvalue weighted by atomic mass is 10.1. The third-order valence-electron chi connectivity index (χ3n) is 6.67. The zero-order valence-electron chi connectivity index (χ0n) is 22.9. The maximum atomic E-state index is 13.2. The summed E-state index contributed by atoms with van der Waals surface area (Å²) in [6.07, 6.45) is 4.27. The number of rotatable bonds is 11. The van der Waals surface area contributed by atoms with Crippen LogP contribution in [0.25, 0.3) is 0 Å². The molecule has 1 heterocycles. The van der Waals surface area contributed by atoms with Gasteiger partial charge in [0.1, 0.15) is 0 Å². The van der Waals surface area contributed by atoms with Crippen molar-refractivity contribution in [2.24, 2.45) is 0 Å². The summed E-state index contributed by atoms with van der Waals surface area (Å²) in [6, 6.07) is 22.5. The van der Waals surface area contributed by atoms with Crippen molar-refractivity contribution in [3.63, 3.8) is 0 Å². The number of amides is 1. The molecule has 0 aliphatic rings. The molecule has 216 valence electrons. The van der Waals surface area contributed by atoms with Crippen molar-refractivity contribution >= 4 is 68.1 Å². The van der Waals surface area contributed by atoms with Gasteiger partial charge in [-0.05, 0) is 76.0 Å². The number of nitriles is 1. The quantitative estimate of drug-likeness (QED) is 0.163. The van der Waals surface area contributed by atoms with Gasteiger partial charge in [-0.2, -0.15) is 5.26 Å². The smallest absolute Gasteiger partial charge is 0.226 e. The molecule has 2 N–H and O–H groups in total. The van der Waals surface area contributed by atoms with Gasteiger partial charge in [-0.15, -0.1) is 0 Å². The molecule has 0 spiro atoms. The Morgan fingerprint density at radius 3 is 2.62 bits per heavy atom. The minimum atomic E-state index is -0.190. The Balaban J connectivity index is 1.46. The van der Waals surface area contributed by atoms with Gasteiger partial charge in [0.2, 0.25) is 5.91 Å². The van der Waals surface area contributed by atoms with Crippen LogP contribution in [0.2, 0.25) is 10.0 Å². The zero-order chi connectivity index (χ0) is 30.1. The highest BCUT2D eigenvalue weighted by Gasteiger charge is 2.21. The molecule has 42 heavy (non-hydrogen) atoms. The number of anilines is 1. The number of aromatic nitrogens is 2. The lowest BCUT2D eigenvalue weighted by molar-refractivity contribution is -0.121. The lowest BCUT2D eigenvalue weighted by Gasteiger charge is -2.31. The Hall–Kier alpha value is -3.42. The minimum absolute atomic E-state index is 0.117. The first-order valence-corrected chi connectivity index (χ1v) is 15.2. The molecule has 0 aliphatic carbocycles. The Morgan fingerprint density at radius 1 is 1.14 bits per heavy atom. The molecule has 0 bridgehead atoms. The Labute approximate surface area is 269 Å². The van der Waals surface area contributed by atoms with E-state index in [0.29, 0.717) is 46.8 Å². The number of hydrogen-bond donors (Lipinski definition) is 2. The third kappa shape index (κ3) is 8.55. The van der Waals surface area contributed by atoms with Crippen LogP contribution in [-0.2, 0) is 24.3 Å². The monoisotopic (exact) mass is 682 g/mol. The van der Waals surface area contributed by atoms with Gasteiger partial charge < -0.3 is 20.1 Å². The number of carbonyl (C=O) groups is 1. The highest BCUT2D eigenvalue weighted by atomic mass is 79.9. The van der Waals surface area contributed by atoms with Crippen molar-refractivity contribution in [3.05, 3.63) is 116 Å². The summed E-state index contributed by atoms with van der Waals surface area (Å²) >= 11 is 22.2. The van der Waals surface area contributed by atoms with Crippen LogP contribution < -0.4 is 10.6 Å². The van der Waals surface area contributed by atoms with Crippen LogP contribution in [0.4, 0.5) is 5.69 Å². The predicted molar refractivity (Wildman–Crippen MR) is 176 cm³/mol. The second kappa shape index (κ2) is 15.2. The lowest BCUT2D eigenvalue weighted by Crippen LogP contribution is -2.47. The van der Waals surface area contributed by atoms with Crippen molar-refractivity contribution in [1.29, 1.82) is 5.26 Å². The maximum absolute atomic E-state index is 13.2. The van der Waals surface area contributed by atoms with Gasteiger partial charge in [0.15, 0.2) is 5.11 Å². The van der Waals surface area contributed by atoms with Gasteiger partial charge in [0.25, 0.3) is 0 Å². The molecular weight excluding hydrogens is 655 g/mol. The first-order chi connectivity index (χ1) is 20.3. The van der Waals surface area contributed by atoms with Crippen molar-refractivity contribution < 1.29 is 4.79 Å². The predicted octanol–water partition coefficient (Wildman–Crippen LogP) is 7.21. The van der Waals surface area contributed by atoms with Crippen LogP contribution in [0.5, 0.6) is 0 Å². The first kappa shape index (κ1) is 31.5. The zero-order valence-corrected chi connectivity index (χ0v) is 26.8. The molecule has 1 aromatic heterocycles. The first-order valence-electron chi connectivity index (χ1n) is 13.3. The SMILES string of the molecule is CC[C@@H](CN(Cc1cccc(Cl)c1Cl)C(=S)Nc1ccccc1Br)NC(=O)Cc1cncn1Cc1ccc(C#N)cc1. The average Bonchev–Trinajstić information content (AvgIpc) is 3.41. The van der Waals surface area contributed by atoms with Gasteiger partial charge >= 0.3 is 0 Å². The molecule has 1 amide bonds. The topological polar surface area (TPSA) is 86.0 Å². The Kier molecular flexibility index (Phi) is 11.4. The Bertz CT molecular complexity index is 1590. The third-order valence-corrected chi connectivity index (χ3v) is 8.58. The van der Waals surface area contributed by atoms with Crippen LogP contribution in [0, 0.1) is 11.3 Å². The number of hydrogen-bond acceptors (Lipinski definition) is 4. The van der Waals surface area contributed by atoms with Gasteiger partial charge in [-0.3, -0.25) is 4.79 Å². The average molecular weight is 684 g/mol. The van der Waals surface area contributed by atoms with Crippen LogP contribution in [0.3, 0.4) is 0 Å². The number of benzene rings is 3. The van der Waals surface area contributed by atoms with Crippen LogP contribution in [-0.4, -0.2) is 38.1 Å². The highest BCUT2D eigenvalue weighted by Crippen LogP contribution is 2.27. The summed E-state index contributed by atoms with van der Waals surface area (Å²) in [7, 11) is 0. The van der Waals surface area contributed by atoms with E-state index in [9.17, 15) is 4.79 Å². The van der Waals surface area contributed by atoms with Crippen LogP contribution in [0.15, 0.2) is 83.7 Å². The maximum Gasteiger partial charge on any atom is 0.226 e. The fraction of sp³-hybridized carbons (Fsp3) is 0.226. The molecule has 11 heteroatoms. The second-order valence-corrected chi connectivity index (χ2v) is 11.7. The van der Waals surface area contributed by atoms with Crippen molar-refractivity contribution in [2.75, 3.05) is 11.9 Å². The van der Waals surface area contributed by atoms with Crippen LogP contribution in [0.1, 0.15) is 35.7 Å². The van der Waals surface area contributed by atoms with Gasteiger partial charge in [-0.25, -0.2) is 4.98 Å². The number of para-hydroxylation sites is 1. The molecule has 3 aromatic carbocycles. The number of imidazole rings is 1. The van der Waals surface area contributed by atoms with E-state index in [2.05, 4.69) is 37.6 Å². The van der Waals surface area contributed by atoms with E-state index in [1.807, 2.05) is 64.9 Å². The van der Waals surface area contributed by atoms with Crippen molar-refractivity contribution in [3.8, 4) is 6.07 Å². The summed E-state index contributed by atoms with van der Waals surface area (Å²) in [6.45, 7) is 3.43. The fourth-order valence-electron chi connectivity index (χ4n) is 4.36.